The van der Waals surface area contributed by atoms with Crippen LogP contribution in [0.4, 0.5) is 5.69 Å². The number of H-pyrrole nitrogens is 1. The van der Waals surface area contributed by atoms with Crippen LogP contribution in [0.25, 0.3) is 11.0 Å². The van der Waals surface area contributed by atoms with Crippen LogP contribution >= 0.6 is 27.7 Å². The summed E-state index contributed by atoms with van der Waals surface area (Å²) in [5, 5.41) is 3.33. The van der Waals surface area contributed by atoms with Gasteiger partial charge in [0.05, 0.1) is 11.3 Å². The van der Waals surface area contributed by atoms with Gasteiger partial charge in [-0.1, -0.05) is 33.8 Å². The van der Waals surface area contributed by atoms with Gasteiger partial charge in [0, 0.05) is 22.9 Å². The molecule has 2 aromatic heterocycles. The Morgan fingerprint density at radius 1 is 1.42 bits per heavy atom. The van der Waals surface area contributed by atoms with E-state index in [0.717, 1.165) is 10.2 Å². The van der Waals surface area contributed by atoms with Gasteiger partial charge in [-0.25, -0.2) is 4.98 Å². The van der Waals surface area contributed by atoms with E-state index in [1.807, 2.05) is 37.3 Å². The summed E-state index contributed by atoms with van der Waals surface area (Å²) in [6.07, 6.45) is 0. The van der Waals surface area contributed by atoms with Crippen molar-refractivity contribution in [2.24, 2.45) is 7.05 Å². The van der Waals surface area contributed by atoms with Gasteiger partial charge < -0.3 is 10.3 Å². The molecular formula is C16H15BrN4O2S. The molecule has 2 N–H and O–H groups in total. The number of nitrogens with zero attached hydrogens (tertiary/aromatic N) is 2. The van der Waals surface area contributed by atoms with Gasteiger partial charge in [0.15, 0.2) is 5.16 Å². The Kier molecular flexibility index (Phi) is 4.77. The van der Waals surface area contributed by atoms with Crippen molar-refractivity contribution >= 4 is 50.3 Å². The number of rotatable bonds is 4. The highest BCUT2D eigenvalue weighted by Crippen LogP contribution is 2.19. The summed E-state index contributed by atoms with van der Waals surface area (Å²) >= 11 is 4.59. The minimum Gasteiger partial charge on any atom is -0.353 e. The number of thioether (sulfide) groups is 1. The van der Waals surface area contributed by atoms with Crippen LogP contribution in [0.2, 0.25) is 0 Å². The molecule has 3 rings (SSSR count). The van der Waals surface area contributed by atoms with Crippen LogP contribution in [0.1, 0.15) is 5.69 Å². The zero-order valence-corrected chi connectivity index (χ0v) is 15.5. The summed E-state index contributed by atoms with van der Waals surface area (Å²) in [7, 11) is 1.65. The van der Waals surface area contributed by atoms with Crippen molar-refractivity contribution in [3.8, 4) is 0 Å². The molecule has 24 heavy (non-hydrogen) atoms. The van der Waals surface area contributed by atoms with E-state index in [4.69, 9.17) is 0 Å². The van der Waals surface area contributed by atoms with Crippen LogP contribution in [-0.4, -0.2) is 26.2 Å². The van der Waals surface area contributed by atoms with E-state index in [9.17, 15) is 9.59 Å². The van der Waals surface area contributed by atoms with E-state index in [0.29, 0.717) is 21.9 Å². The summed E-state index contributed by atoms with van der Waals surface area (Å²) in [5.74, 6) is 0.0134. The number of nitrogens with one attached hydrogen (secondary N) is 2. The summed E-state index contributed by atoms with van der Waals surface area (Å²) in [6, 6.07) is 9.20. The molecule has 0 saturated carbocycles. The lowest BCUT2D eigenvalue weighted by Gasteiger charge is -2.08. The molecule has 0 fully saturated rings. The second kappa shape index (κ2) is 6.82. The van der Waals surface area contributed by atoms with E-state index < -0.39 is 0 Å². The number of aromatic nitrogens is 3. The van der Waals surface area contributed by atoms with Crippen LogP contribution < -0.4 is 10.9 Å². The number of fused-ring (bicyclic) bond motifs is 1. The standard InChI is InChI=1S/C16H15BrN4O2S/c1-9-6-12-14(18-9)15(23)21(2)16(20-12)24-8-13(22)19-11-5-3-4-10(17)7-11/h3-7,18H,8H2,1-2H3,(H,19,22). The molecule has 8 heteroatoms. The second-order valence-electron chi connectivity index (χ2n) is 5.32. The molecule has 0 atom stereocenters. The third kappa shape index (κ3) is 3.54. The number of aromatic amines is 1. The van der Waals surface area contributed by atoms with Crippen molar-refractivity contribution in [3.05, 3.63) is 50.9 Å². The van der Waals surface area contributed by atoms with Gasteiger partial charge in [0.2, 0.25) is 5.91 Å². The Morgan fingerprint density at radius 2 is 2.21 bits per heavy atom. The monoisotopic (exact) mass is 406 g/mol. The molecule has 0 aliphatic rings. The summed E-state index contributed by atoms with van der Waals surface area (Å²) in [4.78, 5) is 31.9. The maximum atomic E-state index is 12.3. The SMILES string of the molecule is Cc1cc2nc(SCC(=O)Nc3cccc(Br)c3)n(C)c(=O)c2[nH]1. The predicted octanol–water partition coefficient (Wildman–Crippen LogP) is 3.06. The lowest BCUT2D eigenvalue weighted by molar-refractivity contribution is -0.113. The van der Waals surface area contributed by atoms with Gasteiger partial charge in [-0.05, 0) is 31.2 Å². The third-order valence-electron chi connectivity index (χ3n) is 3.39. The highest BCUT2D eigenvalue weighted by Gasteiger charge is 2.12. The molecule has 0 aliphatic carbocycles. The summed E-state index contributed by atoms with van der Waals surface area (Å²) in [6.45, 7) is 1.87. The van der Waals surface area contributed by atoms with Gasteiger partial charge in [-0.15, -0.1) is 0 Å². The van der Waals surface area contributed by atoms with Crippen molar-refractivity contribution in [1.82, 2.24) is 14.5 Å². The third-order valence-corrected chi connectivity index (χ3v) is 4.92. The minimum atomic E-state index is -0.155. The zero-order valence-electron chi connectivity index (χ0n) is 13.1. The Labute approximate surface area is 150 Å². The fraction of sp³-hybridized carbons (Fsp3) is 0.188. The Balaban J connectivity index is 1.74. The minimum absolute atomic E-state index is 0.150. The first-order valence-corrected chi connectivity index (χ1v) is 8.96. The van der Waals surface area contributed by atoms with Crippen molar-refractivity contribution in [1.29, 1.82) is 0 Å². The van der Waals surface area contributed by atoms with E-state index in [-0.39, 0.29) is 17.2 Å². The quantitative estimate of drug-likeness (QED) is 0.515. The van der Waals surface area contributed by atoms with E-state index in [1.165, 1.54) is 16.3 Å². The maximum absolute atomic E-state index is 12.3. The molecule has 0 saturated heterocycles. The van der Waals surface area contributed by atoms with Gasteiger partial charge in [-0.2, -0.15) is 0 Å². The van der Waals surface area contributed by atoms with Crippen LogP contribution in [0.3, 0.4) is 0 Å². The van der Waals surface area contributed by atoms with Crippen molar-refractivity contribution < 1.29 is 4.79 Å². The first-order valence-electron chi connectivity index (χ1n) is 7.18. The normalized spacial score (nSPS) is 11.0. The second-order valence-corrected chi connectivity index (χ2v) is 7.18. The molecule has 1 aromatic carbocycles. The molecule has 2 heterocycles. The molecular weight excluding hydrogens is 392 g/mol. The van der Waals surface area contributed by atoms with Gasteiger partial charge in [0.1, 0.15) is 5.52 Å². The van der Waals surface area contributed by atoms with Crippen LogP contribution in [0, 0.1) is 6.92 Å². The van der Waals surface area contributed by atoms with Crippen molar-refractivity contribution in [2.45, 2.75) is 12.1 Å². The first-order chi connectivity index (χ1) is 11.4. The number of amides is 1. The summed E-state index contributed by atoms with van der Waals surface area (Å²) < 4.78 is 2.35. The van der Waals surface area contributed by atoms with E-state index in [1.54, 1.807) is 7.05 Å². The average molecular weight is 407 g/mol. The van der Waals surface area contributed by atoms with Crippen LogP contribution in [-0.2, 0) is 11.8 Å². The molecule has 0 unspecified atom stereocenters. The molecule has 0 spiro atoms. The number of anilines is 1. The molecule has 124 valence electrons. The largest absolute Gasteiger partial charge is 0.353 e. The average Bonchev–Trinajstić information content (AvgIpc) is 2.90. The first kappa shape index (κ1) is 16.8. The lowest BCUT2D eigenvalue weighted by Crippen LogP contribution is -2.21. The Bertz CT molecular complexity index is 980. The number of hydrogen-bond acceptors (Lipinski definition) is 4. The number of carbonyl (C=O) groups is 1. The fourth-order valence-electron chi connectivity index (χ4n) is 2.28. The van der Waals surface area contributed by atoms with Gasteiger partial charge in [-0.3, -0.25) is 14.2 Å². The molecule has 1 amide bonds. The number of aryl methyl sites for hydroxylation is 1. The highest BCUT2D eigenvalue weighted by atomic mass is 79.9. The predicted molar refractivity (Wildman–Crippen MR) is 99.6 cm³/mol. The number of hydrogen-bond donors (Lipinski definition) is 2. The topological polar surface area (TPSA) is 79.8 Å². The lowest BCUT2D eigenvalue weighted by atomic mass is 10.3. The smallest absolute Gasteiger partial charge is 0.278 e. The number of halogens is 1. The highest BCUT2D eigenvalue weighted by molar-refractivity contribution is 9.10. The molecule has 3 aromatic rings. The van der Waals surface area contributed by atoms with Crippen LogP contribution in [0.5, 0.6) is 0 Å². The van der Waals surface area contributed by atoms with Crippen molar-refractivity contribution in [2.75, 3.05) is 11.1 Å². The van der Waals surface area contributed by atoms with Crippen LogP contribution in [0.15, 0.2) is 44.8 Å². The van der Waals surface area contributed by atoms with E-state index >= 15 is 0 Å². The Hall–Kier alpha value is -2.06. The van der Waals surface area contributed by atoms with Crippen molar-refractivity contribution in [3.63, 3.8) is 0 Å². The maximum Gasteiger partial charge on any atom is 0.278 e. The van der Waals surface area contributed by atoms with Gasteiger partial charge >= 0.3 is 0 Å². The molecule has 0 radical (unpaired) electrons. The molecule has 0 aliphatic heterocycles. The van der Waals surface area contributed by atoms with Gasteiger partial charge in [0.25, 0.3) is 5.56 Å². The molecule has 6 nitrogen and oxygen atoms in total. The van der Waals surface area contributed by atoms with E-state index in [2.05, 4.69) is 31.2 Å². The molecule has 0 bridgehead atoms. The Morgan fingerprint density at radius 3 is 2.96 bits per heavy atom. The summed E-state index contributed by atoms with van der Waals surface area (Å²) in [5.41, 5.74) is 2.55. The zero-order chi connectivity index (χ0) is 17.3. The number of carbonyl (C=O) groups excluding carboxylic acids is 1. The fourth-order valence-corrected chi connectivity index (χ4v) is 3.45. The number of benzene rings is 1.